The van der Waals surface area contributed by atoms with Gasteiger partial charge >= 0.3 is 0 Å². The van der Waals surface area contributed by atoms with Gasteiger partial charge in [0.1, 0.15) is 4.90 Å². The second kappa shape index (κ2) is 6.80. The van der Waals surface area contributed by atoms with Crippen LogP contribution in [0.1, 0.15) is 38.2 Å². The summed E-state index contributed by atoms with van der Waals surface area (Å²) < 4.78 is 53.3. The Balaban J connectivity index is 2.37. The van der Waals surface area contributed by atoms with Crippen LogP contribution >= 0.6 is 0 Å². The Labute approximate surface area is 149 Å². The van der Waals surface area contributed by atoms with Crippen LogP contribution in [-0.2, 0) is 19.9 Å². The molecule has 0 fully saturated rings. The van der Waals surface area contributed by atoms with E-state index in [-0.39, 0.29) is 21.6 Å². The third-order valence-corrected chi connectivity index (χ3v) is 7.25. The fourth-order valence-electron chi connectivity index (χ4n) is 2.64. The molecule has 0 aliphatic heterocycles. The van der Waals surface area contributed by atoms with Crippen LogP contribution in [0.5, 0.6) is 0 Å². The van der Waals surface area contributed by atoms with Gasteiger partial charge in [0, 0.05) is 11.7 Å². The first-order valence-corrected chi connectivity index (χ1v) is 11.0. The minimum Gasteiger partial charge on any atom is -0.280 e. The molecule has 9 heteroatoms. The maximum Gasteiger partial charge on any atom is 0.265 e. The molecule has 1 N–H and O–H groups in total. The molecule has 0 saturated carbocycles. The lowest BCUT2D eigenvalue weighted by Crippen LogP contribution is -2.15. The predicted molar refractivity (Wildman–Crippen MR) is 97.1 cm³/mol. The van der Waals surface area contributed by atoms with Crippen molar-refractivity contribution >= 4 is 25.5 Å². The first-order valence-electron chi connectivity index (χ1n) is 7.91. The summed E-state index contributed by atoms with van der Waals surface area (Å²) in [6, 6.07) is 5.72. The topological polar surface area (TPSA) is 98.1 Å². The molecule has 0 spiro atoms. The van der Waals surface area contributed by atoms with Crippen molar-refractivity contribution in [3.8, 4) is 0 Å². The Bertz CT molecular complexity index is 973. The molecule has 0 atom stereocenters. The molecule has 7 nitrogen and oxygen atoms in total. The first kappa shape index (κ1) is 19.5. The third kappa shape index (κ3) is 3.87. The summed E-state index contributed by atoms with van der Waals surface area (Å²) in [5, 5.41) is 4.29. The van der Waals surface area contributed by atoms with Gasteiger partial charge in [-0.2, -0.15) is 5.10 Å². The number of nitrogens with one attached hydrogen (secondary N) is 1. The van der Waals surface area contributed by atoms with Gasteiger partial charge in [0.15, 0.2) is 9.84 Å². The zero-order valence-electron chi connectivity index (χ0n) is 14.9. The van der Waals surface area contributed by atoms with E-state index in [1.807, 2.05) is 13.8 Å². The van der Waals surface area contributed by atoms with E-state index in [2.05, 4.69) is 9.82 Å². The molecule has 25 heavy (non-hydrogen) atoms. The van der Waals surface area contributed by atoms with Crippen molar-refractivity contribution < 1.29 is 16.8 Å². The summed E-state index contributed by atoms with van der Waals surface area (Å²) >= 11 is 0. The van der Waals surface area contributed by atoms with Crippen LogP contribution in [0.2, 0.25) is 0 Å². The Morgan fingerprint density at radius 1 is 1.08 bits per heavy atom. The van der Waals surface area contributed by atoms with Gasteiger partial charge in [0.25, 0.3) is 10.0 Å². The Kier molecular flexibility index (Phi) is 5.29. The van der Waals surface area contributed by atoms with Crippen LogP contribution in [0, 0.1) is 13.8 Å². The highest BCUT2D eigenvalue weighted by Gasteiger charge is 2.25. The Hall–Kier alpha value is -1.87. The highest BCUT2D eigenvalue weighted by Crippen LogP contribution is 2.25. The van der Waals surface area contributed by atoms with Crippen LogP contribution in [0.4, 0.5) is 5.69 Å². The van der Waals surface area contributed by atoms with Gasteiger partial charge in [-0.15, -0.1) is 0 Å². The van der Waals surface area contributed by atoms with Gasteiger partial charge < -0.3 is 0 Å². The molecule has 138 valence electrons. The molecule has 0 saturated heterocycles. The molecule has 2 rings (SSSR count). The van der Waals surface area contributed by atoms with Gasteiger partial charge in [0.2, 0.25) is 0 Å². The van der Waals surface area contributed by atoms with Crippen LogP contribution < -0.4 is 4.72 Å². The van der Waals surface area contributed by atoms with Crippen molar-refractivity contribution in [3.05, 3.63) is 35.7 Å². The first-order chi connectivity index (χ1) is 11.5. The van der Waals surface area contributed by atoms with Crippen LogP contribution in [0.15, 0.2) is 34.1 Å². The smallest absolute Gasteiger partial charge is 0.265 e. The van der Waals surface area contributed by atoms with E-state index in [4.69, 9.17) is 0 Å². The van der Waals surface area contributed by atoms with Crippen molar-refractivity contribution in [3.63, 3.8) is 0 Å². The van der Waals surface area contributed by atoms with Crippen molar-refractivity contribution in [1.29, 1.82) is 0 Å². The molecule has 0 unspecified atom stereocenters. The highest BCUT2D eigenvalue weighted by atomic mass is 32.2. The maximum atomic E-state index is 12.7. The zero-order chi connectivity index (χ0) is 19.0. The molecule has 1 aromatic heterocycles. The van der Waals surface area contributed by atoms with E-state index in [1.165, 1.54) is 24.3 Å². The second-order valence-corrected chi connectivity index (χ2v) is 9.97. The second-order valence-electron chi connectivity index (χ2n) is 6.07. The monoisotopic (exact) mass is 385 g/mol. The lowest BCUT2D eigenvalue weighted by atomic mass is 10.3. The number of anilines is 1. The number of hydrogen-bond donors (Lipinski definition) is 1. The number of nitrogens with zero attached hydrogens (tertiary/aromatic N) is 2. The summed E-state index contributed by atoms with van der Waals surface area (Å²) in [6.07, 6.45) is 0. The van der Waals surface area contributed by atoms with E-state index in [0.717, 1.165) is 0 Å². The van der Waals surface area contributed by atoms with E-state index in [1.54, 1.807) is 25.5 Å². The van der Waals surface area contributed by atoms with Crippen LogP contribution in [0.25, 0.3) is 0 Å². The zero-order valence-corrected chi connectivity index (χ0v) is 16.6. The summed E-state index contributed by atoms with van der Waals surface area (Å²) in [5.74, 6) is -0.00908. The standard InChI is InChI=1S/C16H23N3O4S2/c1-6-24(20,21)15-9-7-14(8-10-15)18-25(22,23)16-12(4)17-19(11(2)3)13(16)5/h7-11,18H,6H2,1-5H3. The summed E-state index contributed by atoms with van der Waals surface area (Å²) in [6.45, 7) is 8.78. The van der Waals surface area contributed by atoms with Gasteiger partial charge in [0.05, 0.1) is 22.0 Å². The molecular formula is C16H23N3O4S2. The molecule has 1 aromatic carbocycles. The van der Waals surface area contributed by atoms with E-state index in [0.29, 0.717) is 17.1 Å². The fourth-order valence-corrected chi connectivity index (χ4v) is 4.99. The van der Waals surface area contributed by atoms with Gasteiger partial charge in [-0.1, -0.05) is 6.92 Å². The molecule has 0 amide bonds. The average Bonchev–Trinajstić information content (AvgIpc) is 2.83. The van der Waals surface area contributed by atoms with E-state index < -0.39 is 19.9 Å². The van der Waals surface area contributed by atoms with E-state index in [9.17, 15) is 16.8 Å². The molecule has 1 heterocycles. The minimum atomic E-state index is -3.82. The molecular weight excluding hydrogens is 362 g/mol. The maximum absolute atomic E-state index is 12.7. The summed E-state index contributed by atoms with van der Waals surface area (Å²) in [5.41, 5.74) is 1.28. The molecule has 0 radical (unpaired) electrons. The average molecular weight is 386 g/mol. The largest absolute Gasteiger partial charge is 0.280 e. The minimum absolute atomic E-state index is 0.00908. The number of aromatic nitrogens is 2. The third-order valence-electron chi connectivity index (χ3n) is 3.86. The van der Waals surface area contributed by atoms with Gasteiger partial charge in [-0.05, 0) is 52.0 Å². The summed E-state index contributed by atoms with van der Waals surface area (Å²) in [4.78, 5) is 0.310. The molecule has 0 aliphatic carbocycles. The fraction of sp³-hybridized carbons (Fsp3) is 0.438. The number of hydrogen-bond acceptors (Lipinski definition) is 5. The van der Waals surface area contributed by atoms with E-state index >= 15 is 0 Å². The molecule has 0 bridgehead atoms. The SMILES string of the molecule is CCS(=O)(=O)c1ccc(NS(=O)(=O)c2c(C)nn(C(C)C)c2C)cc1. The van der Waals surface area contributed by atoms with Crippen molar-refractivity contribution in [2.75, 3.05) is 10.5 Å². The normalized spacial score (nSPS) is 12.6. The molecule has 2 aromatic rings. The predicted octanol–water partition coefficient (Wildman–Crippen LogP) is 2.68. The van der Waals surface area contributed by atoms with Gasteiger partial charge in [-0.25, -0.2) is 16.8 Å². The van der Waals surface area contributed by atoms with Crippen LogP contribution in [-0.4, -0.2) is 32.4 Å². The summed E-state index contributed by atoms with van der Waals surface area (Å²) in [7, 11) is -7.15. The van der Waals surface area contributed by atoms with Crippen LogP contribution in [0.3, 0.4) is 0 Å². The quantitative estimate of drug-likeness (QED) is 0.824. The number of sulfone groups is 1. The number of sulfonamides is 1. The van der Waals surface area contributed by atoms with Crippen molar-refractivity contribution in [2.45, 2.75) is 50.5 Å². The Morgan fingerprint density at radius 3 is 2.08 bits per heavy atom. The number of aryl methyl sites for hydroxylation is 1. The lowest BCUT2D eigenvalue weighted by molar-refractivity contribution is 0.514. The number of rotatable bonds is 6. The lowest BCUT2D eigenvalue weighted by Gasteiger charge is -2.11. The van der Waals surface area contributed by atoms with Gasteiger partial charge in [-0.3, -0.25) is 9.40 Å². The molecule has 0 aliphatic rings. The number of benzene rings is 1. The Morgan fingerprint density at radius 2 is 1.64 bits per heavy atom. The highest BCUT2D eigenvalue weighted by molar-refractivity contribution is 7.92. The van der Waals surface area contributed by atoms with Crippen molar-refractivity contribution in [1.82, 2.24) is 9.78 Å². The van der Waals surface area contributed by atoms with Crippen molar-refractivity contribution in [2.24, 2.45) is 0 Å².